The number of hydrogen-bond donors (Lipinski definition) is 1. The molecule has 1 spiro atoms. The van der Waals surface area contributed by atoms with Crippen molar-refractivity contribution in [3.8, 4) is 5.75 Å². The number of anilines is 1. The molecule has 2 unspecified atom stereocenters. The third-order valence-corrected chi connectivity index (χ3v) is 4.19. The quantitative estimate of drug-likeness (QED) is 0.893. The first-order chi connectivity index (χ1) is 9.64. The summed E-state index contributed by atoms with van der Waals surface area (Å²) in [7, 11) is 1.67. The molecule has 1 fully saturated rings. The number of nitrogens with zero attached hydrogens (tertiary/aromatic N) is 2. The number of hydrogen-bond acceptors (Lipinski definition) is 5. The minimum Gasteiger partial charge on any atom is -0.497 e. The van der Waals surface area contributed by atoms with Crippen LogP contribution in [-0.2, 0) is 4.74 Å². The first-order valence-electron chi connectivity index (χ1n) is 7.00. The van der Waals surface area contributed by atoms with Gasteiger partial charge in [-0.3, -0.25) is 4.99 Å². The van der Waals surface area contributed by atoms with Gasteiger partial charge in [0, 0.05) is 18.4 Å². The average Bonchev–Trinajstić information content (AvgIpc) is 2.75. The van der Waals surface area contributed by atoms with Gasteiger partial charge in [0.15, 0.2) is 5.96 Å². The summed E-state index contributed by atoms with van der Waals surface area (Å²) < 4.78 is 11.0. The van der Waals surface area contributed by atoms with Crippen LogP contribution in [0, 0.1) is 0 Å². The molecule has 1 aromatic rings. The number of rotatable bonds is 2. The highest BCUT2D eigenvalue weighted by Crippen LogP contribution is 2.38. The molecule has 3 rings (SSSR count). The standard InChI is InChI=1S/C15H21N3O2/c1-11-9-15(6-7-20-11)10-17-14(16)18(15)12-4-3-5-13(8-12)19-2/h3-5,8,11H,6-7,9-10H2,1-2H3,(H2,16,17). The molecule has 20 heavy (non-hydrogen) atoms. The SMILES string of the molecule is COc1cccc(N2C(N)=NCC23CCOC(C)C3)c1. The molecule has 2 N–H and O–H groups in total. The fourth-order valence-corrected chi connectivity index (χ4v) is 3.26. The van der Waals surface area contributed by atoms with Crippen LogP contribution < -0.4 is 15.4 Å². The van der Waals surface area contributed by atoms with Crippen LogP contribution >= 0.6 is 0 Å². The molecule has 0 bridgehead atoms. The molecule has 2 heterocycles. The molecule has 5 heteroatoms. The highest BCUT2D eigenvalue weighted by molar-refractivity contribution is 5.98. The Balaban J connectivity index is 1.97. The Hall–Kier alpha value is -1.75. The summed E-state index contributed by atoms with van der Waals surface area (Å²) in [5, 5.41) is 0. The Morgan fingerprint density at radius 3 is 3.10 bits per heavy atom. The number of guanidine groups is 1. The molecule has 5 nitrogen and oxygen atoms in total. The average molecular weight is 275 g/mol. The molecule has 2 atom stereocenters. The van der Waals surface area contributed by atoms with Gasteiger partial charge in [-0.15, -0.1) is 0 Å². The molecule has 1 saturated heterocycles. The highest BCUT2D eigenvalue weighted by Gasteiger charge is 2.46. The van der Waals surface area contributed by atoms with Gasteiger partial charge >= 0.3 is 0 Å². The van der Waals surface area contributed by atoms with E-state index in [1.807, 2.05) is 18.2 Å². The zero-order valence-electron chi connectivity index (χ0n) is 12.0. The maximum Gasteiger partial charge on any atom is 0.196 e. The van der Waals surface area contributed by atoms with E-state index < -0.39 is 0 Å². The second kappa shape index (κ2) is 4.98. The Bertz CT molecular complexity index is 532. The van der Waals surface area contributed by atoms with Crippen molar-refractivity contribution < 1.29 is 9.47 Å². The minimum atomic E-state index is -0.0475. The Morgan fingerprint density at radius 1 is 1.50 bits per heavy atom. The predicted molar refractivity (Wildman–Crippen MR) is 79.3 cm³/mol. The topological polar surface area (TPSA) is 60.1 Å². The predicted octanol–water partition coefficient (Wildman–Crippen LogP) is 1.77. The Labute approximate surface area is 119 Å². The number of nitrogens with two attached hydrogens (primary N) is 1. The lowest BCUT2D eigenvalue weighted by Gasteiger charge is -2.44. The fourth-order valence-electron chi connectivity index (χ4n) is 3.26. The van der Waals surface area contributed by atoms with Gasteiger partial charge in [-0.05, 0) is 31.9 Å². The maximum absolute atomic E-state index is 6.15. The Kier molecular flexibility index (Phi) is 3.30. The second-order valence-electron chi connectivity index (χ2n) is 5.57. The minimum absolute atomic E-state index is 0.0475. The third kappa shape index (κ3) is 2.12. The summed E-state index contributed by atoms with van der Waals surface area (Å²) in [6.07, 6.45) is 2.12. The Morgan fingerprint density at radius 2 is 2.35 bits per heavy atom. The van der Waals surface area contributed by atoms with E-state index in [2.05, 4.69) is 22.9 Å². The molecule has 0 aliphatic carbocycles. The largest absolute Gasteiger partial charge is 0.497 e. The first-order valence-corrected chi connectivity index (χ1v) is 7.00. The van der Waals surface area contributed by atoms with Gasteiger partial charge in [0.1, 0.15) is 5.75 Å². The van der Waals surface area contributed by atoms with Crippen molar-refractivity contribution in [2.45, 2.75) is 31.4 Å². The van der Waals surface area contributed by atoms with Crippen LogP contribution in [0.15, 0.2) is 29.3 Å². The van der Waals surface area contributed by atoms with Gasteiger partial charge < -0.3 is 20.1 Å². The van der Waals surface area contributed by atoms with Crippen LogP contribution in [0.5, 0.6) is 5.75 Å². The van der Waals surface area contributed by atoms with E-state index in [4.69, 9.17) is 15.2 Å². The smallest absolute Gasteiger partial charge is 0.196 e. The molecule has 0 saturated carbocycles. The van der Waals surface area contributed by atoms with E-state index in [1.54, 1.807) is 7.11 Å². The lowest BCUT2D eigenvalue weighted by molar-refractivity contribution is -0.00246. The summed E-state index contributed by atoms with van der Waals surface area (Å²) in [4.78, 5) is 6.65. The molecule has 0 aromatic heterocycles. The summed E-state index contributed by atoms with van der Waals surface area (Å²) in [5.41, 5.74) is 7.14. The molecule has 0 amide bonds. The first kappa shape index (κ1) is 13.2. The van der Waals surface area contributed by atoms with Crippen LogP contribution in [0.1, 0.15) is 19.8 Å². The summed E-state index contributed by atoms with van der Waals surface area (Å²) in [6.45, 7) is 3.60. The lowest BCUT2D eigenvalue weighted by Crippen LogP contribution is -2.56. The van der Waals surface area contributed by atoms with Crippen molar-refractivity contribution in [2.75, 3.05) is 25.2 Å². The monoisotopic (exact) mass is 275 g/mol. The van der Waals surface area contributed by atoms with Crippen LogP contribution in [0.25, 0.3) is 0 Å². The lowest BCUT2D eigenvalue weighted by atomic mass is 9.85. The van der Waals surface area contributed by atoms with E-state index in [0.717, 1.165) is 37.4 Å². The van der Waals surface area contributed by atoms with Crippen molar-refractivity contribution in [1.29, 1.82) is 0 Å². The fraction of sp³-hybridized carbons (Fsp3) is 0.533. The van der Waals surface area contributed by atoms with Crippen LogP contribution in [0.3, 0.4) is 0 Å². The van der Waals surface area contributed by atoms with Crippen molar-refractivity contribution in [3.63, 3.8) is 0 Å². The summed E-state index contributed by atoms with van der Waals surface area (Å²) >= 11 is 0. The normalized spacial score (nSPS) is 29.6. The van der Waals surface area contributed by atoms with Gasteiger partial charge in [0.25, 0.3) is 0 Å². The second-order valence-corrected chi connectivity index (χ2v) is 5.57. The number of ether oxygens (including phenoxy) is 2. The zero-order chi connectivity index (χ0) is 14.2. The third-order valence-electron chi connectivity index (χ3n) is 4.19. The van der Waals surface area contributed by atoms with E-state index in [-0.39, 0.29) is 11.6 Å². The van der Waals surface area contributed by atoms with Crippen LogP contribution in [-0.4, -0.2) is 37.9 Å². The van der Waals surface area contributed by atoms with Gasteiger partial charge in [0.05, 0.1) is 25.3 Å². The van der Waals surface area contributed by atoms with E-state index in [9.17, 15) is 0 Å². The van der Waals surface area contributed by atoms with E-state index in [0.29, 0.717) is 5.96 Å². The molecule has 0 radical (unpaired) electrons. The maximum atomic E-state index is 6.15. The molecule has 108 valence electrons. The van der Waals surface area contributed by atoms with Crippen molar-refractivity contribution in [1.82, 2.24) is 0 Å². The van der Waals surface area contributed by atoms with Gasteiger partial charge in [0.2, 0.25) is 0 Å². The van der Waals surface area contributed by atoms with Crippen LogP contribution in [0.2, 0.25) is 0 Å². The molecule has 2 aliphatic rings. The zero-order valence-corrected chi connectivity index (χ0v) is 12.0. The van der Waals surface area contributed by atoms with Crippen molar-refractivity contribution in [3.05, 3.63) is 24.3 Å². The highest BCUT2D eigenvalue weighted by atomic mass is 16.5. The summed E-state index contributed by atoms with van der Waals surface area (Å²) in [6, 6.07) is 7.98. The van der Waals surface area contributed by atoms with Gasteiger partial charge in [-0.25, -0.2) is 0 Å². The molecule has 1 aromatic carbocycles. The van der Waals surface area contributed by atoms with Crippen molar-refractivity contribution in [2.24, 2.45) is 10.7 Å². The van der Waals surface area contributed by atoms with E-state index in [1.165, 1.54) is 0 Å². The molecule has 2 aliphatic heterocycles. The number of methoxy groups -OCH3 is 1. The summed E-state index contributed by atoms with van der Waals surface area (Å²) in [5.74, 6) is 1.42. The van der Waals surface area contributed by atoms with E-state index >= 15 is 0 Å². The molecular weight excluding hydrogens is 254 g/mol. The number of benzene rings is 1. The number of aliphatic imine (C=N–C) groups is 1. The van der Waals surface area contributed by atoms with Crippen LogP contribution in [0.4, 0.5) is 5.69 Å². The van der Waals surface area contributed by atoms with Gasteiger partial charge in [-0.1, -0.05) is 6.07 Å². The van der Waals surface area contributed by atoms with Gasteiger partial charge in [-0.2, -0.15) is 0 Å². The molecular formula is C15H21N3O2. The van der Waals surface area contributed by atoms with Crippen molar-refractivity contribution >= 4 is 11.6 Å².